The summed E-state index contributed by atoms with van der Waals surface area (Å²) >= 11 is 5.85. The van der Waals surface area contributed by atoms with E-state index in [1.165, 1.54) is 12.1 Å². The third-order valence-electron chi connectivity index (χ3n) is 3.60. The zero-order chi connectivity index (χ0) is 18.8. The topological polar surface area (TPSA) is 38.8 Å². The van der Waals surface area contributed by atoms with Gasteiger partial charge in [0.15, 0.2) is 0 Å². The second-order valence-electron chi connectivity index (χ2n) is 6.75. The van der Waals surface area contributed by atoms with Gasteiger partial charge in [-0.05, 0) is 50.8 Å². The number of rotatable bonds is 10. The number of carbonyl (C=O) groups is 1. The fraction of sp³-hybridized carbons (Fsp3) is 0.632. The van der Waals surface area contributed by atoms with Crippen LogP contribution in [-0.4, -0.2) is 36.8 Å². The zero-order valence-corrected chi connectivity index (χ0v) is 16.3. The lowest BCUT2D eigenvalue weighted by Crippen LogP contribution is -2.38. The van der Waals surface area contributed by atoms with Gasteiger partial charge in [-0.15, -0.1) is 0 Å². The number of ether oxygens (including phenoxy) is 2. The lowest BCUT2D eigenvalue weighted by atomic mass is 10.2. The summed E-state index contributed by atoms with van der Waals surface area (Å²) in [5.41, 5.74) is 0.452. The van der Waals surface area contributed by atoms with E-state index in [4.69, 9.17) is 21.1 Å². The molecule has 0 spiro atoms. The van der Waals surface area contributed by atoms with Gasteiger partial charge < -0.3 is 14.4 Å². The Kier molecular flexibility index (Phi) is 9.83. The van der Waals surface area contributed by atoms with Gasteiger partial charge in [0.1, 0.15) is 5.82 Å². The molecule has 1 aromatic carbocycles. The van der Waals surface area contributed by atoms with Crippen molar-refractivity contribution in [3.8, 4) is 0 Å². The molecular weight excluding hydrogens is 345 g/mol. The molecule has 0 saturated carbocycles. The van der Waals surface area contributed by atoms with Crippen LogP contribution in [0.25, 0.3) is 0 Å². The first-order valence-corrected chi connectivity index (χ1v) is 9.14. The van der Waals surface area contributed by atoms with E-state index in [-0.39, 0.29) is 24.6 Å². The van der Waals surface area contributed by atoms with Crippen molar-refractivity contribution in [2.45, 2.75) is 53.2 Å². The second kappa shape index (κ2) is 11.3. The lowest BCUT2D eigenvalue weighted by Gasteiger charge is -2.26. The first-order chi connectivity index (χ1) is 11.8. The Hall–Kier alpha value is -1.33. The van der Waals surface area contributed by atoms with Crippen molar-refractivity contribution in [2.75, 3.05) is 19.8 Å². The Balaban J connectivity index is 2.27. The van der Waals surface area contributed by atoms with Crippen molar-refractivity contribution in [3.63, 3.8) is 0 Å². The third kappa shape index (κ3) is 8.54. The van der Waals surface area contributed by atoms with E-state index in [0.29, 0.717) is 36.3 Å². The molecule has 4 nitrogen and oxygen atoms in total. The molecule has 25 heavy (non-hydrogen) atoms. The predicted octanol–water partition coefficient (Wildman–Crippen LogP) is 5.28. The molecule has 0 aliphatic rings. The lowest BCUT2D eigenvalue weighted by molar-refractivity contribution is 0.0777. The van der Waals surface area contributed by atoms with Crippen molar-refractivity contribution < 1.29 is 18.7 Å². The highest BCUT2D eigenvalue weighted by molar-refractivity contribution is 6.30. The number of benzene rings is 1. The van der Waals surface area contributed by atoms with Crippen molar-refractivity contribution in [2.24, 2.45) is 5.92 Å². The minimum Gasteiger partial charge on any atom is -0.449 e. The molecule has 0 bridgehead atoms. The van der Waals surface area contributed by atoms with Crippen LogP contribution < -0.4 is 0 Å². The monoisotopic (exact) mass is 373 g/mol. The van der Waals surface area contributed by atoms with Gasteiger partial charge in [-0.25, -0.2) is 9.18 Å². The van der Waals surface area contributed by atoms with Crippen LogP contribution in [0, 0.1) is 11.7 Å². The summed E-state index contributed by atoms with van der Waals surface area (Å²) < 4.78 is 24.4. The number of hydrogen-bond acceptors (Lipinski definition) is 3. The van der Waals surface area contributed by atoms with E-state index in [9.17, 15) is 9.18 Å². The molecule has 0 N–H and O–H groups in total. The quantitative estimate of drug-likeness (QED) is 0.524. The molecule has 1 aromatic rings. The SMILES string of the molecule is CC(C)COC(=O)N(CCCCOCc1cc(Cl)ccc1F)C(C)C. The number of halogens is 2. The standard InChI is InChI=1S/C19H29ClFNO3/c1-14(2)12-25-19(23)22(15(3)4)9-5-6-10-24-13-16-11-17(20)7-8-18(16)21/h7-8,11,14-15H,5-6,9-10,12-13H2,1-4H3. The van der Waals surface area contributed by atoms with Crippen molar-refractivity contribution in [1.82, 2.24) is 4.90 Å². The molecule has 0 saturated heterocycles. The van der Waals surface area contributed by atoms with Crippen LogP contribution in [0.1, 0.15) is 46.1 Å². The van der Waals surface area contributed by atoms with Gasteiger partial charge in [0, 0.05) is 29.8 Å². The highest BCUT2D eigenvalue weighted by Crippen LogP contribution is 2.16. The van der Waals surface area contributed by atoms with Crippen molar-refractivity contribution in [1.29, 1.82) is 0 Å². The highest BCUT2D eigenvalue weighted by Gasteiger charge is 2.18. The molecule has 0 aliphatic carbocycles. The average molecular weight is 374 g/mol. The maximum atomic E-state index is 13.6. The molecule has 0 atom stereocenters. The Morgan fingerprint density at radius 3 is 2.60 bits per heavy atom. The molecule has 0 radical (unpaired) electrons. The maximum absolute atomic E-state index is 13.6. The van der Waals surface area contributed by atoms with Crippen LogP contribution >= 0.6 is 11.6 Å². The van der Waals surface area contributed by atoms with Crippen LogP contribution in [0.3, 0.4) is 0 Å². The minimum atomic E-state index is -0.316. The van der Waals surface area contributed by atoms with Crippen molar-refractivity contribution in [3.05, 3.63) is 34.6 Å². The fourth-order valence-electron chi connectivity index (χ4n) is 2.20. The van der Waals surface area contributed by atoms with E-state index in [2.05, 4.69) is 0 Å². The molecule has 6 heteroatoms. The normalized spacial score (nSPS) is 11.2. The van der Waals surface area contributed by atoms with E-state index < -0.39 is 0 Å². The summed E-state index contributed by atoms with van der Waals surface area (Å²) in [6.45, 7) is 9.68. The van der Waals surface area contributed by atoms with Crippen LogP contribution in [0.4, 0.5) is 9.18 Å². The summed E-state index contributed by atoms with van der Waals surface area (Å²) in [4.78, 5) is 13.8. The molecule has 0 fully saturated rings. The zero-order valence-electron chi connectivity index (χ0n) is 15.6. The summed E-state index contributed by atoms with van der Waals surface area (Å²) in [5, 5.41) is 0.493. The Morgan fingerprint density at radius 2 is 1.96 bits per heavy atom. The number of nitrogens with zero attached hydrogens (tertiary/aromatic N) is 1. The number of hydrogen-bond donors (Lipinski definition) is 0. The maximum Gasteiger partial charge on any atom is 0.409 e. The third-order valence-corrected chi connectivity index (χ3v) is 3.84. The molecule has 1 amide bonds. The average Bonchev–Trinajstić information content (AvgIpc) is 2.54. The van der Waals surface area contributed by atoms with Crippen molar-refractivity contribution >= 4 is 17.7 Å². The molecular formula is C19H29ClFNO3. The fourth-order valence-corrected chi connectivity index (χ4v) is 2.40. The van der Waals surface area contributed by atoms with Gasteiger partial charge in [0.25, 0.3) is 0 Å². The minimum absolute atomic E-state index is 0.0844. The first-order valence-electron chi connectivity index (χ1n) is 8.76. The van der Waals surface area contributed by atoms with Gasteiger partial charge >= 0.3 is 6.09 Å². The number of unbranched alkanes of at least 4 members (excludes halogenated alkanes) is 1. The largest absolute Gasteiger partial charge is 0.449 e. The van der Waals surface area contributed by atoms with Gasteiger partial charge in [-0.2, -0.15) is 0 Å². The smallest absolute Gasteiger partial charge is 0.409 e. The second-order valence-corrected chi connectivity index (χ2v) is 7.19. The Morgan fingerprint density at radius 1 is 1.24 bits per heavy atom. The molecule has 0 heterocycles. The van der Waals surface area contributed by atoms with Crippen LogP contribution in [0.5, 0.6) is 0 Å². The number of amides is 1. The van der Waals surface area contributed by atoms with Gasteiger partial charge in [-0.3, -0.25) is 0 Å². The van der Waals surface area contributed by atoms with Crippen LogP contribution in [0.2, 0.25) is 5.02 Å². The molecule has 0 unspecified atom stereocenters. The molecule has 142 valence electrons. The molecule has 0 aliphatic heterocycles. The summed E-state index contributed by atoms with van der Waals surface area (Å²) in [6.07, 6.45) is 1.31. The van der Waals surface area contributed by atoms with Gasteiger partial charge in [0.2, 0.25) is 0 Å². The molecule has 1 rings (SSSR count). The van der Waals surface area contributed by atoms with E-state index >= 15 is 0 Å². The number of carbonyl (C=O) groups excluding carboxylic acids is 1. The first kappa shape index (κ1) is 21.7. The summed E-state index contributed by atoms with van der Waals surface area (Å²) in [5.74, 6) is 0.00142. The Labute approximate surface area is 155 Å². The molecule has 0 aromatic heterocycles. The summed E-state index contributed by atoms with van der Waals surface area (Å²) in [7, 11) is 0. The predicted molar refractivity (Wildman–Crippen MR) is 98.3 cm³/mol. The van der Waals surface area contributed by atoms with Gasteiger partial charge in [-0.1, -0.05) is 25.4 Å². The Bertz CT molecular complexity index is 537. The van der Waals surface area contributed by atoms with Crippen LogP contribution in [-0.2, 0) is 16.1 Å². The van der Waals surface area contributed by atoms with E-state index in [1.807, 2.05) is 27.7 Å². The van der Waals surface area contributed by atoms with Gasteiger partial charge in [0.05, 0.1) is 13.2 Å². The highest BCUT2D eigenvalue weighted by atomic mass is 35.5. The summed E-state index contributed by atoms with van der Waals surface area (Å²) in [6, 6.07) is 4.51. The van der Waals surface area contributed by atoms with Crippen LogP contribution in [0.15, 0.2) is 18.2 Å². The van der Waals surface area contributed by atoms with E-state index in [1.54, 1.807) is 11.0 Å². The van der Waals surface area contributed by atoms with E-state index in [0.717, 1.165) is 12.8 Å².